The molecule has 0 aliphatic carbocycles. The predicted octanol–water partition coefficient (Wildman–Crippen LogP) is 3.49. The lowest BCUT2D eigenvalue weighted by atomic mass is 10.1. The van der Waals surface area contributed by atoms with Crippen molar-refractivity contribution in [2.45, 2.75) is 11.1 Å². The van der Waals surface area contributed by atoms with Gasteiger partial charge in [-0.05, 0) is 60.7 Å². The Balaban J connectivity index is 1.52. The molecule has 0 fully saturated rings. The SMILES string of the molecule is NS(=O)(=O)c1ccc(NC2N=C(c3ccc(O)cc3)Nc3n[nH]c(Nc4ccccc4)c32)cc1. The Morgan fingerprint density at radius 2 is 1.62 bits per heavy atom. The van der Waals surface area contributed by atoms with Gasteiger partial charge >= 0.3 is 0 Å². The molecule has 0 amide bonds. The van der Waals surface area contributed by atoms with E-state index in [-0.39, 0.29) is 10.6 Å². The zero-order chi connectivity index (χ0) is 23.7. The molecule has 34 heavy (non-hydrogen) atoms. The summed E-state index contributed by atoms with van der Waals surface area (Å²) in [7, 11) is -3.79. The van der Waals surface area contributed by atoms with Gasteiger partial charge in [-0.2, -0.15) is 5.10 Å². The summed E-state index contributed by atoms with van der Waals surface area (Å²) in [6.07, 6.45) is -0.564. The van der Waals surface area contributed by atoms with Gasteiger partial charge in [-0.25, -0.2) is 18.5 Å². The van der Waals surface area contributed by atoms with Crippen LogP contribution in [0.25, 0.3) is 0 Å². The number of benzene rings is 3. The first-order chi connectivity index (χ1) is 16.4. The van der Waals surface area contributed by atoms with Crippen LogP contribution in [-0.4, -0.2) is 29.6 Å². The molecule has 1 atom stereocenters. The highest BCUT2D eigenvalue weighted by molar-refractivity contribution is 7.89. The molecular weight excluding hydrogens is 454 g/mol. The number of rotatable bonds is 6. The van der Waals surface area contributed by atoms with Crippen molar-refractivity contribution in [1.29, 1.82) is 0 Å². The van der Waals surface area contributed by atoms with Crippen molar-refractivity contribution in [2.75, 3.05) is 16.0 Å². The fourth-order valence-corrected chi connectivity index (χ4v) is 4.10. The Morgan fingerprint density at radius 3 is 2.29 bits per heavy atom. The average molecular weight is 476 g/mol. The van der Waals surface area contributed by atoms with Crippen molar-refractivity contribution in [3.8, 4) is 5.75 Å². The van der Waals surface area contributed by atoms with Crippen LogP contribution in [0.4, 0.5) is 23.0 Å². The van der Waals surface area contributed by atoms with E-state index in [0.717, 1.165) is 16.8 Å². The van der Waals surface area contributed by atoms with Crippen molar-refractivity contribution in [2.24, 2.45) is 10.1 Å². The van der Waals surface area contributed by atoms with Gasteiger partial charge in [0.1, 0.15) is 17.4 Å². The number of aromatic nitrogens is 2. The molecule has 0 saturated carbocycles. The number of fused-ring (bicyclic) bond motifs is 1. The maximum Gasteiger partial charge on any atom is 0.238 e. The van der Waals surface area contributed by atoms with E-state index in [4.69, 9.17) is 10.1 Å². The van der Waals surface area contributed by atoms with Gasteiger partial charge in [0.15, 0.2) is 12.0 Å². The first-order valence-electron chi connectivity index (χ1n) is 10.3. The second kappa shape index (κ2) is 8.54. The Labute approximate surface area is 195 Å². The highest BCUT2D eigenvalue weighted by Crippen LogP contribution is 2.37. The van der Waals surface area contributed by atoms with Gasteiger partial charge in [-0.1, -0.05) is 18.2 Å². The Morgan fingerprint density at radius 1 is 0.912 bits per heavy atom. The van der Waals surface area contributed by atoms with Crippen molar-refractivity contribution in [3.63, 3.8) is 0 Å². The summed E-state index contributed by atoms with van der Waals surface area (Å²) >= 11 is 0. The van der Waals surface area contributed by atoms with Crippen LogP contribution in [0.15, 0.2) is 88.8 Å². The second-order valence-corrected chi connectivity index (χ2v) is 9.18. The van der Waals surface area contributed by atoms with Gasteiger partial charge in [0.05, 0.1) is 10.5 Å². The third-order valence-corrected chi connectivity index (χ3v) is 6.17. The molecule has 1 aromatic heterocycles. The lowest BCUT2D eigenvalue weighted by molar-refractivity contribution is 0.475. The number of aromatic amines is 1. The van der Waals surface area contributed by atoms with Crippen LogP contribution in [0.5, 0.6) is 5.75 Å². The minimum atomic E-state index is -3.79. The fourth-order valence-electron chi connectivity index (χ4n) is 3.58. The zero-order valence-electron chi connectivity index (χ0n) is 17.7. The number of aromatic hydroxyl groups is 1. The Hall–Kier alpha value is -4.35. The van der Waals surface area contributed by atoms with Crippen molar-refractivity contribution in [1.82, 2.24) is 10.2 Å². The molecule has 0 radical (unpaired) electrons. The fraction of sp³-hybridized carbons (Fsp3) is 0.0435. The number of amidine groups is 1. The van der Waals surface area contributed by atoms with Crippen LogP contribution in [0.1, 0.15) is 17.3 Å². The molecule has 10 nitrogen and oxygen atoms in total. The number of nitrogens with zero attached hydrogens (tertiary/aromatic N) is 2. The molecule has 4 aromatic rings. The minimum Gasteiger partial charge on any atom is -0.508 e. The maximum atomic E-state index is 11.6. The topological polar surface area (TPSA) is 158 Å². The molecule has 172 valence electrons. The lowest BCUT2D eigenvalue weighted by Crippen LogP contribution is -2.25. The number of nitrogens with two attached hydrogens (primary N) is 1. The normalized spacial score (nSPS) is 15.1. The summed E-state index contributed by atoms with van der Waals surface area (Å²) < 4.78 is 23.2. The van der Waals surface area contributed by atoms with Gasteiger partial charge in [0.25, 0.3) is 0 Å². The lowest BCUT2D eigenvalue weighted by Gasteiger charge is -2.24. The highest BCUT2D eigenvalue weighted by Gasteiger charge is 2.28. The number of aliphatic imine (C=N–C) groups is 1. The third-order valence-electron chi connectivity index (χ3n) is 5.24. The van der Waals surface area contributed by atoms with E-state index < -0.39 is 16.2 Å². The van der Waals surface area contributed by atoms with Gasteiger partial charge in [0, 0.05) is 16.9 Å². The molecule has 5 rings (SSSR count). The molecule has 0 spiro atoms. The maximum absolute atomic E-state index is 11.6. The number of hydrogen-bond donors (Lipinski definition) is 6. The van der Waals surface area contributed by atoms with E-state index in [0.29, 0.717) is 23.2 Å². The summed E-state index contributed by atoms with van der Waals surface area (Å²) in [5.74, 6) is 1.94. The number of para-hydroxylation sites is 1. The van der Waals surface area contributed by atoms with E-state index in [9.17, 15) is 13.5 Å². The van der Waals surface area contributed by atoms with Crippen LogP contribution in [0.3, 0.4) is 0 Å². The van der Waals surface area contributed by atoms with Crippen molar-refractivity contribution in [3.05, 3.63) is 90.0 Å². The number of sulfonamides is 1. The molecule has 11 heteroatoms. The summed E-state index contributed by atoms with van der Waals surface area (Å²) in [4.78, 5) is 4.85. The zero-order valence-corrected chi connectivity index (χ0v) is 18.5. The van der Waals surface area contributed by atoms with Crippen LogP contribution >= 0.6 is 0 Å². The number of anilines is 4. The van der Waals surface area contributed by atoms with Crippen LogP contribution in [0, 0.1) is 0 Å². The van der Waals surface area contributed by atoms with Gasteiger partial charge in [-0.15, -0.1) is 0 Å². The molecular formula is C23H21N7O3S. The molecule has 0 bridgehead atoms. The van der Waals surface area contributed by atoms with Crippen LogP contribution < -0.4 is 21.1 Å². The first kappa shape index (κ1) is 21.5. The molecule has 0 saturated heterocycles. The standard InChI is InChI=1S/C23H21N7O3S/c24-34(32,33)18-12-8-16(9-13-18)25-21-19-22(26-15-4-2-1-3-5-15)29-30-23(19)28-20(27-21)14-6-10-17(31)11-7-14/h1-13,21,25,31H,(H2,24,32,33)(H3,26,27,28,29,30). The quantitative estimate of drug-likeness (QED) is 0.249. The number of primary sulfonamides is 1. The van der Waals surface area contributed by atoms with Crippen LogP contribution in [0.2, 0.25) is 0 Å². The molecule has 2 heterocycles. The number of H-pyrrole nitrogens is 1. The number of nitrogens with one attached hydrogen (secondary N) is 4. The first-order valence-corrected chi connectivity index (χ1v) is 11.9. The summed E-state index contributed by atoms with van der Waals surface area (Å²) in [6, 6.07) is 22.4. The van der Waals surface area contributed by atoms with E-state index in [1.165, 1.54) is 12.1 Å². The largest absolute Gasteiger partial charge is 0.508 e. The highest BCUT2D eigenvalue weighted by atomic mass is 32.2. The summed E-state index contributed by atoms with van der Waals surface area (Å²) in [5.41, 5.74) is 3.03. The molecule has 1 unspecified atom stereocenters. The van der Waals surface area contributed by atoms with Gasteiger partial charge < -0.3 is 21.1 Å². The van der Waals surface area contributed by atoms with Crippen molar-refractivity contribution < 1.29 is 13.5 Å². The predicted molar refractivity (Wildman–Crippen MR) is 131 cm³/mol. The molecule has 3 aromatic carbocycles. The third kappa shape index (κ3) is 4.42. The minimum absolute atomic E-state index is 0.0204. The number of hydrogen-bond acceptors (Lipinski definition) is 8. The summed E-state index contributed by atoms with van der Waals surface area (Å²) in [6.45, 7) is 0. The van der Waals surface area contributed by atoms with Gasteiger partial charge in [0.2, 0.25) is 10.0 Å². The second-order valence-electron chi connectivity index (χ2n) is 7.62. The average Bonchev–Trinajstić information content (AvgIpc) is 3.23. The Bertz CT molecular complexity index is 1450. The van der Waals surface area contributed by atoms with Crippen molar-refractivity contribution >= 4 is 38.9 Å². The molecule has 7 N–H and O–H groups in total. The van der Waals surface area contributed by atoms with Gasteiger partial charge in [-0.3, -0.25) is 5.10 Å². The Kier molecular flexibility index (Phi) is 5.40. The van der Waals surface area contributed by atoms with E-state index in [1.54, 1.807) is 36.4 Å². The molecule has 1 aliphatic rings. The number of phenolic OH excluding ortho intramolecular Hbond substituents is 1. The van der Waals surface area contributed by atoms with E-state index in [2.05, 4.69) is 26.1 Å². The number of phenols is 1. The van der Waals surface area contributed by atoms with E-state index in [1.807, 2.05) is 30.3 Å². The smallest absolute Gasteiger partial charge is 0.238 e. The van der Waals surface area contributed by atoms with Crippen LogP contribution in [-0.2, 0) is 10.0 Å². The monoisotopic (exact) mass is 475 g/mol. The molecule has 1 aliphatic heterocycles. The summed E-state index contributed by atoms with van der Waals surface area (Å²) in [5, 5.41) is 32.2. The van der Waals surface area contributed by atoms with E-state index >= 15 is 0 Å².